The Labute approximate surface area is 162 Å². The largest absolute Gasteiger partial charge is 0.334 e. The maximum absolute atomic E-state index is 14.2. The SMILES string of the molecule is Fc1ccccc1-c1nnc(SCc2noc(-c3ccsc3)n2)n1C1CC1. The molecule has 136 valence electrons. The van der Waals surface area contributed by atoms with E-state index in [-0.39, 0.29) is 5.82 Å². The minimum absolute atomic E-state index is 0.290. The molecule has 0 amide bonds. The normalized spacial score (nSPS) is 14.0. The molecule has 1 aliphatic carbocycles. The number of thioether (sulfide) groups is 1. The van der Waals surface area contributed by atoms with E-state index in [2.05, 4.69) is 20.3 Å². The van der Waals surface area contributed by atoms with Gasteiger partial charge in [0.1, 0.15) is 5.82 Å². The molecule has 1 aromatic carbocycles. The highest BCUT2D eigenvalue weighted by molar-refractivity contribution is 7.98. The van der Waals surface area contributed by atoms with E-state index in [0.717, 1.165) is 23.6 Å². The van der Waals surface area contributed by atoms with Gasteiger partial charge in [0.15, 0.2) is 16.8 Å². The van der Waals surface area contributed by atoms with Gasteiger partial charge >= 0.3 is 0 Å². The van der Waals surface area contributed by atoms with Gasteiger partial charge in [-0.25, -0.2) is 4.39 Å². The van der Waals surface area contributed by atoms with Crippen LogP contribution < -0.4 is 0 Å². The average Bonchev–Trinajstić information content (AvgIpc) is 3.10. The second kappa shape index (κ2) is 6.90. The van der Waals surface area contributed by atoms with Crippen LogP contribution in [-0.2, 0) is 5.75 Å². The third-order valence-corrected chi connectivity index (χ3v) is 5.88. The number of thiophene rings is 1. The number of benzene rings is 1. The van der Waals surface area contributed by atoms with Crippen LogP contribution >= 0.6 is 23.1 Å². The van der Waals surface area contributed by atoms with E-state index in [0.29, 0.717) is 34.9 Å². The van der Waals surface area contributed by atoms with E-state index in [1.165, 1.54) is 17.8 Å². The summed E-state index contributed by atoms with van der Waals surface area (Å²) in [6.45, 7) is 0. The number of nitrogens with zero attached hydrogens (tertiary/aromatic N) is 5. The quantitative estimate of drug-likeness (QED) is 0.433. The van der Waals surface area contributed by atoms with Crippen molar-refractivity contribution in [2.75, 3.05) is 0 Å². The van der Waals surface area contributed by atoms with Crippen LogP contribution in [0.3, 0.4) is 0 Å². The predicted octanol–water partition coefficient (Wildman–Crippen LogP) is 4.82. The van der Waals surface area contributed by atoms with Crippen LogP contribution in [0.1, 0.15) is 24.7 Å². The number of hydrogen-bond donors (Lipinski definition) is 0. The lowest BCUT2D eigenvalue weighted by molar-refractivity contribution is 0.425. The van der Waals surface area contributed by atoms with E-state index < -0.39 is 0 Å². The Hall–Kier alpha value is -2.52. The fourth-order valence-corrected chi connectivity index (χ4v) is 4.29. The molecule has 1 fully saturated rings. The van der Waals surface area contributed by atoms with Gasteiger partial charge in [0, 0.05) is 11.4 Å². The van der Waals surface area contributed by atoms with Gasteiger partial charge in [-0.3, -0.25) is 4.57 Å². The molecule has 0 aliphatic heterocycles. The first kappa shape index (κ1) is 16.6. The molecule has 0 radical (unpaired) electrons. The van der Waals surface area contributed by atoms with E-state index >= 15 is 0 Å². The fourth-order valence-electron chi connectivity index (χ4n) is 2.81. The van der Waals surface area contributed by atoms with Crippen LogP contribution in [0.2, 0.25) is 0 Å². The minimum atomic E-state index is -0.290. The van der Waals surface area contributed by atoms with E-state index in [1.807, 2.05) is 27.5 Å². The maximum Gasteiger partial charge on any atom is 0.258 e. The molecule has 3 heterocycles. The second-order valence-corrected chi connectivity index (χ2v) is 7.93. The zero-order chi connectivity index (χ0) is 18.2. The summed E-state index contributed by atoms with van der Waals surface area (Å²) in [5, 5.41) is 17.3. The Morgan fingerprint density at radius 3 is 2.89 bits per heavy atom. The van der Waals surface area contributed by atoms with Crippen LogP contribution in [0, 0.1) is 5.82 Å². The Morgan fingerprint density at radius 2 is 2.11 bits per heavy atom. The Kier molecular flexibility index (Phi) is 4.25. The van der Waals surface area contributed by atoms with Crippen LogP contribution in [0.4, 0.5) is 4.39 Å². The van der Waals surface area contributed by atoms with Crippen molar-refractivity contribution in [2.45, 2.75) is 29.8 Å². The summed E-state index contributed by atoms with van der Waals surface area (Å²) < 4.78 is 21.6. The summed E-state index contributed by atoms with van der Waals surface area (Å²) in [6.07, 6.45) is 2.11. The van der Waals surface area contributed by atoms with Crippen molar-refractivity contribution in [1.29, 1.82) is 0 Å². The van der Waals surface area contributed by atoms with Crippen molar-refractivity contribution in [1.82, 2.24) is 24.9 Å². The molecular weight excluding hydrogens is 385 g/mol. The summed E-state index contributed by atoms with van der Waals surface area (Å²) in [5.41, 5.74) is 1.40. The van der Waals surface area contributed by atoms with Gasteiger partial charge in [0.25, 0.3) is 5.89 Å². The Morgan fingerprint density at radius 1 is 1.22 bits per heavy atom. The molecule has 9 heteroatoms. The standard InChI is InChI=1S/C18H14FN5OS2/c19-14-4-2-1-3-13(14)16-21-22-18(24(16)12-5-6-12)27-10-15-20-17(25-23-15)11-7-8-26-9-11/h1-4,7-9,12H,5-6,10H2. The molecule has 0 atom stereocenters. The van der Waals surface area contributed by atoms with Gasteiger partial charge in [-0.1, -0.05) is 29.1 Å². The number of rotatable bonds is 6. The molecule has 6 nitrogen and oxygen atoms in total. The fraction of sp³-hybridized carbons (Fsp3) is 0.222. The topological polar surface area (TPSA) is 69.6 Å². The van der Waals surface area contributed by atoms with Crippen molar-refractivity contribution >= 4 is 23.1 Å². The summed E-state index contributed by atoms with van der Waals surface area (Å²) in [5.74, 6) is 1.91. The molecule has 1 saturated carbocycles. The van der Waals surface area contributed by atoms with Crippen molar-refractivity contribution in [3.63, 3.8) is 0 Å². The third kappa shape index (κ3) is 3.28. The molecule has 0 N–H and O–H groups in total. The molecule has 0 spiro atoms. The lowest BCUT2D eigenvalue weighted by atomic mass is 10.2. The first-order valence-corrected chi connectivity index (χ1v) is 10.4. The monoisotopic (exact) mass is 399 g/mol. The maximum atomic E-state index is 14.2. The highest BCUT2D eigenvalue weighted by Gasteiger charge is 2.31. The van der Waals surface area contributed by atoms with Crippen LogP contribution in [0.15, 0.2) is 50.8 Å². The van der Waals surface area contributed by atoms with Gasteiger partial charge in [0.2, 0.25) is 0 Å². The highest BCUT2D eigenvalue weighted by Crippen LogP contribution is 2.41. The Balaban J connectivity index is 1.39. The lowest BCUT2D eigenvalue weighted by Crippen LogP contribution is -2.01. The predicted molar refractivity (Wildman–Crippen MR) is 101 cm³/mol. The summed E-state index contributed by atoms with van der Waals surface area (Å²) in [6, 6.07) is 8.93. The Bertz CT molecular complexity index is 1070. The zero-order valence-corrected chi connectivity index (χ0v) is 15.7. The van der Waals surface area contributed by atoms with Crippen LogP contribution in [0.5, 0.6) is 0 Å². The zero-order valence-electron chi connectivity index (χ0n) is 14.1. The van der Waals surface area contributed by atoms with Crippen LogP contribution in [-0.4, -0.2) is 24.9 Å². The van der Waals surface area contributed by atoms with E-state index in [4.69, 9.17) is 4.52 Å². The van der Waals surface area contributed by atoms with Gasteiger partial charge in [-0.2, -0.15) is 16.3 Å². The van der Waals surface area contributed by atoms with Crippen LogP contribution in [0.25, 0.3) is 22.8 Å². The first-order chi connectivity index (χ1) is 13.3. The van der Waals surface area contributed by atoms with Gasteiger partial charge < -0.3 is 4.52 Å². The third-order valence-electron chi connectivity index (χ3n) is 4.26. The lowest BCUT2D eigenvalue weighted by Gasteiger charge is -2.08. The molecule has 27 heavy (non-hydrogen) atoms. The van der Waals surface area contributed by atoms with Gasteiger partial charge in [-0.05, 0) is 36.4 Å². The van der Waals surface area contributed by atoms with Gasteiger partial charge in [0.05, 0.1) is 16.9 Å². The summed E-state index contributed by atoms with van der Waals surface area (Å²) >= 11 is 3.07. The number of halogens is 1. The van der Waals surface area contributed by atoms with Crippen molar-refractivity contribution in [3.8, 4) is 22.8 Å². The molecule has 1 aliphatic rings. The highest BCUT2D eigenvalue weighted by atomic mass is 32.2. The van der Waals surface area contributed by atoms with Crippen molar-refractivity contribution in [3.05, 3.63) is 52.7 Å². The average molecular weight is 399 g/mol. The van der Waals surface area contributed by atoms with Crippen molar-refractivity contribution in [2.24, 2.45) is 0 Å². The molecule has 0 saturated heterocycles. The molecule has 4 aromatic rings. The van der Waals surface area contributed by atoms with E-state index in [1.54, 1.807) is 23.5 Å². The summed E-state index contributed by atoms with van der Waals surface area (Å²) in [4.78, 5) is 4.43. The van der Waals surface area contributed by atoms with Gasteiger partial charge in [-0.15, -0.1) is 10.2 Å². The smallest absolute Gasteiger partial charge is 0.258 e. The number of aromatic nitrogens is 5. The molecule has 3 aromatic heterocycles. The summed E-state index contributed by atoms with van der Waals surface area (Å²) in [7, 11) is 0. The molecule has 5 rings (SSSR count). The molecule has 0 unspecified atom stereocenters. The second-order valence-electron chi connectivity index (χ2n) is 6.20. The molecule has 0 bridgehead atoms. The van der Waals surface area contributed by atoms with Crippen molar-refractivity contribution < 1.29 is 8.91 Å². The minimum Gasteiger partial charge on any atom is -0.334 e. The first-order valence-electron chi connectivity index (χ1n) is 8.47. The van der Waals surface area contributed by atoms with E-state index in [9.17, 15) is 4.39 Å². The molecular formula is C18H14FN5OS2. The number of hydrogen-bond acceptors (Lipinski definition) is 7.